The van der Waals surface area contributed by atoms with Gasteiger partial charge in [-0.25, -0.2) is 8.42 Å². The smallest absolute Gasteiger partial charge is 0.232 e. The maximum Gasteiger partial charge on any atom is 0.232 e. The number of carbonyl (C=O) groups excluding carboxylic acids is 1. The van der Waals surface area contributed by atoms with Gasteiger partial charge in [0, 0.05) is 19.5 Å². The first kappa shape index (κ1) is 20.0. The maximum absolute atomic E-state index is 12.2. The molecule has 6 heteroatoms. The van der Waals surface area contributed by atoms with E-state index in [-0.39, 0.29) is 18.9 Å². The Morgan fingerprint density at radius 1 is 1.08 bits per heavy atom. The van der Waals surface area contributed by atoms with Crippen LogP contribution in [0.25, 0.3) is 0 Å². The van der Waals surface area contributed by atoms with Gasteiger partial charge in [0.2, 0.25) is 15.9 Å². The Kier molecular flexibility index (Phi) is 6.80. The quantitative estimate of drug-likeness (QED) is 0.773. The van der Waals surface area contributed by atoms with Gasteiger partial charge in [0.1, 0.15) is 0 Å². The van der Waals surface area contributed by atoms with Crippen LogP contribution in [-0.4, -0.2) is 33.7 Å². The zero-order chi connectivity index (χ0) is 19.2. The molecule has 0 aliphatic rings. The van der Waals surface area contributed by atoms with E-state index in [1.54, 1.807) is 0 Å². The molecule has 140 valence electrons. The lowest BCUT2D eigenvalue weighted by atomic mass is 10.1. The lowest BCUT2D eigenvalue weighted by molar-refractivity contribution is -0.120. The monoisotopic (exact) mass is 374 g/mol. The van der Waals surface area contributed by atoms with Gasteiger partial charge in [0.25, 0.3) is 0 Å². The molecule has 0 radical (unpaired) electrons. The van der Waals surface area contributed by atoms with Crippen LogP contribution in [0, 0.1) is 13.8 Å². The van der Waals surface area contributed by atoms with E-state index in [0.29, 0.717) is 12.2 Å². The topological polar surface area (TPSA) is 66.5 Å². The zero-order valence-electron chi connectivity index (χ0n) is 15.5. The van der Waals surface area contributed by atoms with E-state index in [0.717, 1.165) is 23.1 Å². The molecule has 0 heterocycles. The number of rotatable bonds is 8. The van der Waals surface area contributed by atoms with E-state index < -0.39 is 10.0 Å². The standard InChI is InChI=1S/C20H26N2O3S/c1-16-9-10-17(2)19(15-16)22(26(3,24)25)14-12-20(23)21-13-11-18-7-5-4-6-8-18/h4-10,15H,11-14H2,1-3H3,(H,21,23). The predicted molar refractivity (Wildman–Crippen MR) is 106 cm³/mol. The van der Waals surface area contributed by atoms with Crippen molar-refractivity contribution in [1.82, 2.24) is 5.32 Å². The van der Waals surface area contributed by atoms with Gasteiger partial charge in [-0.05, 0) is 43.0 Å². The Balaban J connectivity index is 1.95. The summed E-state index contributed by atoms with van der Waals surface area (Å²) in [6.07, 6.45) is 2.04. The number of hydrogen-bond donors (Lipinski definition) is 1. The van der Waals surface area contributed by atoms with Crippen molar-refractivity contribution in [2.75, 3.05) is 23.7 Å². The molecule has 0 saturated carbocycles. The van der Waals surface area contributed by atoms with Crippen molar-refractivity contribution in [2.24, 2.45) is 0 Å². The first-order valence-corrected chi connectivity index (χ1v) is 10.5. The Hall–Kier alpha value is -2.34. The highest BCUT2D eigenvalue weighted by Crippen LogP contribution is 2.24. The zero-order valence-corrected chi connectivity index (χ0v) is 16.3. The lowest BCUT2D eigenvalue weighted by Crippen LogP contribution is -2.35. The fraction of sp³-hybridized carbons (Fsp3) is 0.350. The number of sulfonamides is 1. The van der Waals surface area contributed by atoms with Gasteiger partial charge in [-0.1, -0.05) is 42.5 Å². The molecule has 26 heavy (non-hydrogen) atoms. The third-order valence-electron chi connectivity index (χ3n) is 4.15. The third-order valence-corrected chi connectivity index (χ3v) is 5.33. The Labute approximate surface area is 156 Å². The van der Waals surface area contributed by atoms with Gasteiger partial charge in [-0.3, -0.25) is 9.10 Å². The van der Waals surface area contributed by atoms with Gasteiger partial charge < -0.3 is 5.32 Å². The summed E-state index contributed by atoms with van der Waals surface area (Å²) in [6, 6.07) is 15.6. The average Bonchev–Trinajstić information content (AvgIpc) is 2.58. The first-order chi connectivity index (χ1) is 12.3. The normalized spacial score (nSPS) is 11.2. The van der Waals surface area contributed by atoms with Crippen LogP contribution in [0.4, 0.5) is 5.69 Å². The molecule has 0 aliphatic heterocycles. The van der Waals surface area contributed by atoms with Crippen molar-refractivity contribution >= 4 is 21.6 Å². The summed E-state index contributed by atoms with van der Waals surface area (Å²) in [5, 5.41) is 2.85. The SMILES string of the molecule is Cc1ccc(C)c(N(CCC(=O)NCCc2ccccc2)S(C)(=O)=O)c1. The van der Waals surface area contributed by atoms with Crippen molar-refractivity contribution < 1.29 is 13.2 Å². The molecule has 0 aliphatic carbocycles. The third kappa shape index (κ3) is 5.88. The van der Waals surface area contributed by atoms with E-state index in [2.05, 4.69) is 5.32 Å². The molecular formula is C20H26N2O3S. The van der Waals surface area contributed by atoms with Gasteiger partial charge in [0.05, 0.1) is 11.9 Å². The van der Waals surface area contributed by atoms with E-state index in [1.807, 2.05) is 62.4 Å². The molecule has 0 saturated heterocycles. The molecule has 5 nitrogen and oxygen atoms in total. The van der Waals surface area contributed by atoms with Crippen LogP contribution in [0.3, 0.4) is 0 Å². The van der Waals surface area contributed by atoms with E-state index in [1.165, 1.54) is 10.6 Å². The Bertz CT molecular complexity index is 849. The van der Waals surface area contributed by atoms with Crippen LogP contribution >= 0.6 is 0 Å². The van der Waals surface area contributed by atoms with Crippen LogP contribution in [-0.2, 0) is 21.2 Å². The minimum absolute atomic E-state index is 0.120. The minimum Gasteiger partial charge on any atom is -0.356 e. The number of nitrogens with zero attached hydrogens (tertiary/aromatic N) is 1. The summed E-state index contributed by atoms with van der Waals surface area (Å²) in [6.45, 7) is 4.44. The average molecular weight is 375 g/mol. The van der Waals surface area contributed by atoms with Crippen LogP contribution in [0.5, 0.6) is 0 Å². The van der Waals surface area contributed by atoms with Gasteiger partial charge in [-0.15, -0.1) is 0 Å². The molecule has 2 aromatic carbocycles. The number of anilines is 1. The molecule has 1 amide bonds. The van der Waals surface area contributed by atoms with E-state index >= 15 is 0 Å². The van der Waals surface area contributed by atoms with Crippen LogP contribution in [0.15, 0.2) is 48.5 Å². The molecule has 0 aromatic heterocycles. The number of aryl methyl sites for hydroxylation is 2. The summed E-state index contributed by atoms with van der Waals surface area (Å²) in [5.74, 6) is -0.153. The molecular weight excluding hydrogens is 348 g/mol. The van der Waals surface area contributed by atoms with Crippen molar-refractivity contribution in [3.63, 3.8) is 0 Å². The number of nitrogens with one attached hydrogen (secondary N) is 1. The largest absolute Gasteiger partial charge is 0.356 e. The van der Waals surface area contributed by atoms with Crippen molar-refractivity contribution in [3.05, 3.63) is 65.2 Å². The molecule has 0 unspecified atom stereocenters. The van der Waals surface area contributed by atoms with Gasteiger partial charge in [-0.2, -0.15) is 0 Å². The molecule has 2 aromatic rings. The molecule has 0 atom stereocenters. The summed E-state index contributed by atoms with van der Waals surface area (Å²) in [4.78, 5) is 12.1. The fourth-order valence-corrected chi connectivity index (χ4v) is 3.71. The highest BCUT2D eigenvalue weighted by atomic mass is 32.2. The number of carbonyl (C=O) groups is 1. The molecule has 0 spiro atoms. The summed E-state index contributed by atoms with van der Waals surface area (Å²) < 4.78 is 25.7. The summed E-state index contributed by atoms with van der Waals surface area (Å²) in [7, 11) is -3.46. The van der Waals surface area contributed by atoms with Crippen molar-refractivity contribution in [1.29, 1.82) is 0 Å². The Morgan fingerprint density at radius 2 is 1.77 bits per heavy atom. The molecule has 0 bridgehead atoms. The van der Waals surface area contributed by atoms with E-state index in [4.69, 9.17) is 0 Å². The minimum atomic E-state index is -3.46. The first-order valence-electron chi connectivity index (χ1n) is 8.63. The number of amides is 1. The fourth-order valence-electron chi connectivity index (χ4n) is 2.74. The predicted octanol–water partition coefficient (Wildman–Crippen LogP) is 2.82. The number of benzene rings is 2. The molecule has 0 fully saturated rings. The Morgan fingerprint density at radius 3 is 2.42 bits per heavy atom. The van der Waals surface area contributed by atoms with Crippen LogP contribution < -0.4 is 9.62 Å². The van der Waals surface area contributed by atoms with Crippen molar-refractivity contribution in [2.45, 2.75) is 26.7 Å². The highest BCUT2D eigenvalue weighted by Gasteiger charge is 2.20. The second-order valence-electron chi connectivity index (χ2n) is 6.46. The van der Waals surface area contributed by atoms with E-state index in [9.17, 15) is 13.2 Å². The summed E-state index contributed by atoms with van der Waals surface area (Å²) >= 11 is 0. The molecule has 2 rings (SSSR count). The van der Waals surface area contributed by atoms with Gasteiger partial charge >= 0.3 is 0 Å². The number of hydrogen-bond acceptors (Lipinski definition) is 3. The second-order valence-corrected chi connectivity index (χ2v) is 8.37. The second kappa shape index (κ2) is 8.85. The maximum atomic E-state index is 12.2. The van der Waals surface area contributed by atoms with Crippen LogP contribution in [0.2, 0.25) is 0 Å². The highest BCUT2D eigenvalue weighted by molar-refractivity contribution is 7.92. The summed E-state index contributed by atoms with van der Waals surface area (Å²) in [5.41, 5.74) is 3.63. The molecule has 1 N–H and O–H groups in total. The van der Waals surface area contributed by atoms with Gasteiger partial charge in [0.15, 0.2) is 0 Å². The lowest BCUT2D eigenvalue weighted by Gasteiger charge is -2.24. The van der Waals surface area contributed by atoms with Crippen molar-refractivity contribution in [3.8, 4) is 0 Å². The van der Waals surface area contributed by atoms with Crippen LogP contribution in [0.1, 0.15) is 23.1 Å².